The molecule has 94 valence electrons. The summed E-state index contributed by atoms with van der Waals surface area (Å²) in [5.74, 6) is 0. The zero-order valence-electron chi connectivity index (χ0n) is 10.5. The molecule has 0 saturated heterocycles. The lowest BCUT2D eigenvalue weighted by molar-refractivity contribution is 0.727. The summed E-state index contributed by atoms with van der Waals surface area (Å²) in [7, 11) is 0. The van der Waals surface area contributed by atoms with Crippen LogP contribution in [0.15, 0.2) is 23.6 Å². The second-order valence-electron chi connectivity index (χ2n) is 4.67. The maximum Gasteiger partial charge on any atom is 0.185 e. The van der Waals surface area contributed by atoms with Crippen LogP contribution >= 0.6 is 11.3 Å². The van der Waals surface area contributed by atoms with E-state index in [-0.39, 0.29) is 0 Å². The Bertz CT molecular complexity index is 562. The summed E-state index contributed by atoms with van der Waals surface area (Å²) in [4.78, 5) is 7.01. The van der Waals surface area contributed by atoms with Crippen LogP contribution in [0.1, 0.15) is 23.7 Å². The van der Waals surface area contributed by atoms with E-state index in [0.29, 0.717) is 0 Å². The Morgan fingerprint density at radius 3 is 3.06 bits per heavy atom. The minimum atomic E-state index is 0.851. The van der Waals surface area contributed by atoms with Crippen molar-refractivity contribution < 1.29 is 0 Å². The van der Waals surface area contributed by atoms with Crippen LogP contribution in [-0.2, 0) is 19.4 Å². The van der Waals surface area contributed by atoms with E-state index in [4.69, 9.17) is 5.73 Å². The Labute approximate surface area is 111 Å². The van der Waals surface area contributed by atoms with Gasteiger partial charge in [-0.25, -0.2) is 4.98 Å². The number of aromatic nitrogens is 1. The molecule has 3 rings (SSSR count). The summed E-state index contributed by atoms with van der Waals surface area (Å²) in [6, 6.07) is 6.24. The van der Waals surface area contributed by atoms with Crippen molar-refractivity contribution >= 4 is 22.2 Å². The smallest absolute Gasteiger partial charge is 0.185 e. The topological polar surface area (TPSA) is 42.1 Å². The number of benzene rings is 1. The van der Waals surface area contributed by atoms with Crippen LogP contribution in [0.25, 0.3) is 0 Å². The highest BCUT2D eigenvalue weighted by Crippen LogP contribution is 2.28. The second-order valence-corrected chi connectivity index (χ2v) is 5.51. The predicted molar refractivity (Wildman–Crippen MR) is 77.1 cm³/mol. The van der Waals surface area contributed by atoms with Gasteiger partial charge in [0.05, 0.1) is 5.69 Å². The number of rotatable bonds is 2. The number of nitrogens with two attached hydrogens (primary N) is 1. The van der Waals surface area contributed by atoms with Gasteiger partial charge in [-0.3, -0.25) is 0 Å². The number of aryl methyl sites for hydroxylation is 1. The van der Waals surface area contributed by atoms with Crippen molar-refractivity contribution in [2.24, 2.45) is 0 Å². The molecule has 2 N–H and O–H groups in total. The van der Waals surface area contributed by atoms with Crippen LogP contribution in [0.3, 0.4) is 0 Å². The number of fused-ring (bicyclic) bond motifs is 1. The number of thiazole rings is 1. The van der Waals surface area contributed by atoms with Crippen LogP contribution in [0.2, 0.25) is 0 Å². The molecule has 2 aromatic rings. The van der Waals surface area contributed by atoms with E-state index < -0.39 is 0 Å². The lowest BCUT2D eigenvalue weighted by Gasteiger charge is -2.28. The number of nitrogen functional groups attached to an aromatic ring is 1. The van der Waals surface area contributed by atoms with Gasteiger partial charge in [0, 0.05) is 24.2 Å². The molecular weight excluding hydrogens is 242 g/mol. The highest BCUT2D eigenvalue weighted by Gasteiger charge is 2.18. The Balaban J connectivity index is 1.85. The third-order valence-electron chi connectivity index (χ3n) is 3.41. The standard InChI is InChI=1S/C14H17N3S/c1-2-13-9-18-14(16-13)17-6-5-10-3-4-12(15)7-11(10)8-17/h3-4,7,9H,2,5-6,8,15H2,1H3. The van der Waals surface area contributed by atoms with E-state index in [9.17, 15) is 0 Å². The minimum Gasteiger partial charge on any atom is -0.399 e. The van der Waals surface area contributed by atoms with E-state index in [0.717, 1.165) is 36.8 Å². The lowest BCUT2D eigenvalue weighted by Crippen LogP contribution is -2.30. The third-order valence-corrected chi connectivity index (χ3v) is 4.37. The number of nitrogens with zero attached hydrogens (tertiary/aromatic N) is 2. The summed E-state index contributed by atoms with van der Waals surface area (Å²) < 4.78 is 0. The molecule has 3 nitrogen and oxygen atoms in total. The Morgan fingerprint density at radius 1 is 1.39 bits per heavy atom. The van der Waals surface area contributed by atoms with Gasteiger partial charge in [-0.15, -0.1) is 11.3 Å². The molecule has 0 unspecified atom stereocenters. The zero-order chi connectivity index (χ0) is 12.5. The van der Waals surface area contributed by atoms with Crippen molar-refractivity contribution in [2.45, 2.75) is 26.3 Å². The molecule has 1 aromatic carbocycles. The molecule has 0 bridgehead atoms. The zero-order valence-corrected chi connectivity index (χ0v) is 11.3. The predicted octanol–water partition coefficient (Wildman–Crippen LogP) is 2.85. The number of anilines is 2. The third kappa shape index (κ3) is 2.08. The van der Waals surface area contributed by atoms with Crippen molar-refractivity contribution in [3.8, 4) is 0 Å². The fourth-order valence-corrected chi connectivity index (χ4v) is 3.28. The average Bonchev–Trinajstić information content (AvgIpc) is 2.86. The molecule has 0 saturated carbocycles. The highest BCUT2D eigenvalue weighted by atomic mass is 32.1. The first-order valence-electron chi connectivity index (χ1n) is 6.33. The van der Waals surface area contributed by atoms with Gasteiger partial charge in [-0.05, 0) is 36.1 Å². The molecule has 2 heterocycles. The molecule has 18 heavy (non-hydrogen) atoms. The van der Waals surface area contributed by atoms with E-state index >= 15 is 0 Å². The fraction of sp³-hybridized carbons (Fsp3) is 0.357. The first-order chi connectivity index (χ1) is 8.76. The van der Waals surface area contributed by atoms with Crippen molar-refractivity contribution in [3.63, 3.8) is 0 Å². The minimum absolute atomic E-state index is 0.851. The van der Waals surface area contributed by atoms with Crippen molar-refractivity contribution in [1.29, 1.82) is 0 Å². The second kappa shape index (κ2) is 4.61. The van der Waals surface area contributed by atoms with Crippen molar-refractivity contribution in [1.82, 2.24) is 4.98 Å². The van der Waals surface area contributed by atoms with E-state index in [1.54, 1.807) is 11.3 Å². The Hall–Kier alpha value is -1.55. The van der Waals surface area contributed by atoms with Crippen LogP contribution < -0.4 is 10.6 Å². The fourth-order valence-electron chi connectivity index (χ4n) is 2.34. The molecule has 0 fully saturated rings. The SMILES string of the molecule is CCc1csc(N2CCc3ccc(N)cc3C2)n1. The van der Waals surface area contributed by atoms with Gasteiger partial charge in [0.2, 0.25) is 0 Å². The lowest BCUT2D eigenvalue weighted by atomic mass is 9.99. The van der Waals surface area contributed by atoms with Gasteiger partial charge in [0.25, 0.3) is 0 Å². The maximum absolute atomic E-state index is 5.86. The molecule has 0 spiro atoms. The van der Waals surface area contributed by atoms with Crippen LogP contribution in [-0.4, -0.2) is 11.5 Å². The first-order valence-corrected chi connectivity index (χ1v) is 7.21. The van der Waals surface area contributed by atoms with E-state index in [1.807, 2.05) is 6.07 Å². The van der Waals surface area contributed by atoms with E-state index in [1.165, 1.54) is 16.8 Å². The van der Waals surface area contributed by atoms with Crippen LogP contribution in [0, 0.1) is 0 Å². The van der Waals surface area contributed by atoms with Gasteiger partial charge in [0.1, 0.15) is 0 Å². The molecule has 1 aliphatic heterocycles. The Kier molecular flexibility index (Phi) is 2.96. The molecule has 0 aliphatic carbocycles. The molecule has 4 heteroatoms. The number of hydrogen-bond acceptors (Lipinski definition) is 4. The van der Waals surface area contributed by atoms with Crippen molar-refractivity contribution in [3.05, 3.63) is 40.4 Å². The van der Waals surface area contributed by atoms with Gasteiger partial charge in [0.15, 0.2) is 5.13 Å². The Morgan fingerprint density at radius 2 is 2.28 bits per heavy atom. The maximum atomic E-state index is 5.86. The molecule has 0 atom stereocenters. The quantitative estimate of drug-likeness (QED) is 0.843. The number of hydrogen-bond donors (Lipinski definition) is 1. The van der Waals surface area contributed by atoms with Gasteiger partial charge >= 0.3 is 0 Å². The summed E-state index contributed by atoms with van der Waals surface area (Å²) in [5.41, 5.74) is 10.7. The summed E-state index contributed by atoms with van der Waals surface area (Å²) in [6.07, 6.45) is 2.09. The monoisotopic (exact) mass is 259 g/mol. The summed E-state index contributed by atoms with van der Waals surface area (Å²) in [6.45, 7) is 4.12. The normalized spacial score (nSPS) is 14.6. The average molecular weight is 259 g/mol. The van der Waals surface area contributed by atoms with Crippen molar-refractivity contribution in [2.75, 3.05) is 17.2 Å². The van der Waals surface area contributed by atoms with Crippen LogP contribution in [0.5, 0.6) is 0 Å². The van der Waals surface area contributed by atoms with E-state index in [2.05, 4.69) is 34.3 Å². The van der Waals surface area contributed by atoms with Crippen LogP contribution in [0.4, 0.5) is 10.8 Å². The molecular formula is C14H17N3S. The molecule has 1 aromatic heterocycles. The van der Waals surface area contributed by atoms with Gasteiger partial charge < -0.3 is 10.6 Å². The molecule has 0 radical (unpaired) electrons. The molecule has 0 amide bonds. The largest absolute Gasteiger partial charge is 0.399 e. The summed E-state index contributed by atoms with van der Waals surface area (Å²) in [5, 5.41) is 3.30. The summed E-state index contributed by atoms with van der Waals surface area (Å²) >= 11 is 1.74. The van der Waals surface area contributed by atoms with Gasteiger partial charge in [-0.2, -0.15) is 0 Å². The molecule has 1 aliphatic rings. The highest BCUT2D eigenvalue weighted by molar-refractivity contribution is 7.13. The first kappa shape index (κ1) is 11.5. The van der Waals surface area contributed by atoms with Gasteiger partial charge in [-0.1, -0.05) is 13.0 Å².